The molecule has 2 nitrogen and oxygen atoms in total. The molecule has 2 rings (SSSR count). The summed E-state index contributed by atoms with van der Waals surface area (Å²) in [5.41, 5.74) is 1.08. The van der Waals surface area contributed by atoms with Crippen LogP contribution in [0.1, 0.15) is 0 Å². The number of aliphatic imine (C=N–C) groups is 1. The van der Waals surface area contributed by atoms with Crippen molar-refractivity contribution in [1.82, 2.24) is 0 Å². The summed E-state index contributed by atoms with van der Waals surface area (Å²) in [6, 6.07) is 9.53. The summed E-state index contributed by atoms with van der Waals surface area (Å²) >= 11 is 6.01. The van der Waals surface area contributed by atoms with Crippen LogP contribution in [0.2, 0.25) is 25.7 Å². The van der Waals surface area contributed by atoms with Crippen molar-refractivity contribution < 1.29 is 4.74 Å². The van der Waals surface area contributed by atoms with Crippen molar-refractivity contribution in [3.05, 3.63) is 24.3 Å². The fraction of sp³-hybridized carbons (Fsp3) is 0.500. The number of para-hydroxylation sites is 1. The molecule has 1 aromatic rings. The van der Waals surface area contributed by atoms with Crippen LogP contribution in [0.3, 0.4) is 0 Å². The summed E-state index contributed by atoms with van der Waals surface area (Å²) in [5, 5.41) is 1.10. The van der Waals surface area contributed by atoms with Crippen LogP contribution in [-0.2, 0) is 4.74 Å². The van der Waals surface area contributed by atoms with Gasteiger partial charge >= 0.3 is 0 Å². The maximum Gasteiger partial charge on any atom is 0.0831 e. The highest BCUT2D eigenvalue weighted by molar-refractivity contribution is 8.30. The third-order valence-electron chi connectivity index (χ3n) is 3.07. The maximum absolute atomic E-state index is 6.01. The monoisotopic (exact) mass is 315 g/mol. The minimum atomic E-state index is -1.01. The molecule has 1 heterocycles. The van der Waals surface area contributed by atoms with Gasteiger partial charge in [0.15, 0.2) is 0 Å². The van der Waals surface area contributed by atoms with Crippen molar-refractivity contribution in [2.45, 2.75) is 30.6 Å². The van der Waals surface area contributed by atoms with Crippen LogP contribution in [-0.4, -0.2) is 31.5 Å². The largest absolute Gasteiger partial charge is 0.372 e. The second kappa shape index (κ2) is 6.44. The van der Waals surface area contributed by atoms with Crippen molar-refractivity contribution in [3.63, 3.8) is 0 Å². The van der Waals surface area contributed by atoms with Crippen LogP contribution in [0.15, 0.2) is 34.2 Å². The van der Waals surface area contributed by atoms with Crippen LogP contribution in [0.4, 0.5) is 5.69 Å². The van der Waals surface area contributed by atoms with Gasteiger partial charge in [-0.25, -0.2) is 4.99 Å². The van der Waals surface area contributed by atoms with Gasteiger partial charge in [0.1, 0.15) is 0 Å². The van der Waals surface area contributed by atoms with Crippen LogP contribution in [0, 0.1) is 0 Å². The molecule has 1 aromatic carbocycles. The van der Waals surface area contributed by atoms with Crippen LogP contribution >= 0.6 is 22.5 Å². The molecule has 0 aromatic heterocycles. The normalized spacial score (nSPS) is 20.2. The number of hydrogen-bond donors (Lipinski definition) is 1. The molecule has 0 saturated carbocycles. The molecule has 1 aliphatic heterocycles. The Morgan fingerprint density at radius 2 is 2.00 bits per heavy atom. The lowest BCUT2D eigenvalue weighted by Crippen LogP contribution is -2.22. The van der Waals surface area contributed by atoms with Crippen LogP contribution < -0.4 is 0 Å². The molecule has 0 N–H and O–H groups in total. The second-order valence-electron chi connectivity index (χ2n) is 5.93. The highest BCUT2D eigenvalue weighted by Crippen LogP contribution is 2.49. The average molecular weight is 316 g/mol. The highest BCUT2D eigenvalue weighted by atomic mass is 35.5. The standard InChI is InChI=1S/C14H22ClNOSSi/c1-19(2,3)9-8-17-11-18-13-7-5-4-6-12(13)16-14(18)10-15/h4-7,18H,8-11H2,1-3H3. The van der Waals surface area contributed by atoms with Crippen molar-refractivity contribution in [2.75, 3.05) is 18.4 Å². The molecule has 0 radical (unpaired) electrons. The average Bonchev–Trinajstić information content (AvgIpc) is 2.71. The summed E-state index contributed by atoms with van der Waals surface area (Å²) in [6.45, 7) is 7.99. The van der Waals surface area contributed by atoms with Crippen molar-refractivity contribution >= 4 is 41.3 Å². The number of thiol groups is 1. The lowest BCUT2D eigenvalue weighted by atomic mass is 10.3. The smallest absolute Gasteiger partial charge is 0.0831 e. The summed E-state index contributed by atoms with van der Waals surface area (Å²) in [6.07, 6.45) is 0. The fourth-order valence-corrected chi connectivity index (χ4v) is 5.07. The Morgan fingerprint density at radius 3 is 2.68 bits per heavy atom. The number of nitrogens with zero attached hydrogens (tertiary/aromatic N) is 1. The van der Waals surface area contributed by atoms with E-state index < -0.39 is 19.0 Å². The molecule has 1 unspecified atom stereocenters. The summed E-state index contributed by atoms with van der Waals surface area (Å²) in [5.74, 6) is 1.28. The number of fused-ring (bicyclic) bond motifs is 1. The van der Waals surface area contributed by atoms with Gasteiger partial charge in [0, 0.05) is 19.6 Å². The molecular weight excluding hydrogens is 294 g/mol. The zero-order valence-electron chi connectivity index (χ0n) is 11.8. The van der Waals surface area contributed by atoms with E-state index in [-0.39, 0.29) is 0 Å². The maximum atomic E-state index is 6.01. The first-order valence-corrected chi connectivity index (χ1v) is 12.4. The van der Waals surface area contributed by atoms with E-state index in [1.54, 1.807) is 0 Å². The number of benzene rings is 1. The molecular formula is C14H22ClNOSSi. The Balaban J connectivity index is 1.94. The summed E-state index contributed by atoms with van der Waals surface area (Å²) < 4.78 is 5.91. The van der Waals surface area contributed by atoms with Gasteiger partial charge < -0.3 is 4.74 Å². The van der Waals surface area contributed by atoms with Gasteiger partial charge in [-0.2, -0.15) is 10.9 Å². The molecule has 0 saturated heterocycles. The van der Waals surface area contributed by atoms with E-state index in [1.807, 2.05) is 6.07 Å². The zero-order valence-corrected chi connectivity index (χ0v) is 14.5. The topological polar surface area (TPSA) is 21.6 Å². The van der Waals surface area contributed by atoms with Gasteiger partial charge in [-0.05, 0) is 18.2 Å². The first-order chi connectivity index (χ1) is 9.01. The first-order valence-electron chi connectivity index (χ1n) is 6.59. The SMILES string of the molecule is C[Si](C)(C)CCOC[SH]1C(CCl)=Nc2ccccc21. The van der Waals surface area contributed by atoms with Gasteiger partial charge in [0.2, 0.25) is 0 Å². The molecule has 0 bridgehead atoms. The zero-order chi connectivity index (χ0) is 13.9. The Kier molecular flexibility index (Phi) is 5.12. The minimum Gasteiger partial charge on any atom is -0.372 e. The summed E-state index contributed by atoms with van der Waals surface area (Å²) in [4.78, 5) is 5.94. The van der Waals surface area contributed by atoms with Crippen molar-refractivity contribution in [1.29, 1.82) is 0 Å². The Morgan fingerprint density at radius 1 is 1.26 bits per heavy atom. The van der Waals surface area contributed by atoms with Gasteiger partial charge in [-0.3, -0.25) is 0 Å². The predicted octanol–water partition coefficient (Wildman–Crippen LogP) is 4.64. The van der Waals surface area contributed by atoms with E-state index in [4.69, 9.17) is 16.3 Å². The molecule has 1 atom stereocenters. The van der Waals surface area contributed by atoms with Gasteiger partial charge in [-0.1, -0.05) is 31.8 Å². The molecule has 0 amide bonds. The number of hydrogen-bond acceptors (Lipinski definition) is 2. The van der Waals surface area contributed by atoms with Gasteiger partial charge in [-0.15, -0.1) is 11.6 Å². The summed E-state index contributed by atoms with van der Waals surface area (Å²) in [7, 11) is -1.47. The predicted molar refractivity (Wildman–Crippen MR) is 90.5 cm³/mol. The van der Waals surface area contributed by atoms with Gasteiger partial charge in [0.25, 0.3) is 0 Å². The Bertz CT molecular complexity index is 473. The molecule has 5 heteroatoms. The molecule has 1 aliphatic rings. The van der Waals surface area contributed by atoms with Crippen LogP contribution in [0.25, 0.3) is 0 Å². The highest BCUT2D eigenvalue weighted by Gasteiger charge is 2.23. The Hall–Kier alpha value is -0.293. The van der Waals surface area contributed by atoms with E-state index in [0.29, 0.717) is 5.88 Å². The van der Waals surface area contributed by atoms with Gasteiger partial charge in [0.05, 0.1) is 22.6 Å². The molecule has 19 heavy (non-hydrogen) atoms. The van der Waals surface area contributed by atoms with E-state index in [1.165, 1.54) is 10.9 Å². The second-order valence-corrected chi connectivity index (χ2v) is 13.9. The first kappa shape index (κ1) is 15.1. The van der Waals surface area contributed by atoms with E-state index in [0.717, 1.165) is 23.3 Å². The lowest BCUT2D eigenvalue weighted by molar-refractivity contribution is 0.197. The van der Waals surface area contributed by atoms with E-state index >= 15 is 0 Å². The van der Waals surface area contributed by atoms with Crippen molar-refractivity contribution in [3.8, 4) is 0 Å². The quantitative estimate of drug-likeness (QED) is 0.351. The van der Waals surface area contributed by atoms with E-state index in [2.05, 4.69) is 42.8 Å². The molecule has 0 fully saturated rings. The molecule has 0 spiro atoms. The number of halogens is 1. The number of rotatable bonds is 6. The third-order valence-corrected chi connectivity index (χ3v) is 7.50. The minimum absolute atomic E-state index is 0.461. The lowest BCUT2D eigenvalue weighted by Gasteiger charge is -2.20. The van der Waals surface area contributed by atoms with E-state index in [9.17, 15) is 0 Å². The molecule has 0 aliphatic carbocycles. The fourth-order valence-electron chi connectivity index (χ4n) is 1.91. The Labute approximate surface area is 124 Å². The number of alkyl halides is 1. The number of ether oxygens (including phenoxy) is 1. The third kappa shape index (κ3) is 4.08. The van der Waals surface area contributed by atoms with Crippen molar-refractivity contribution in [2.24, 2.45) is 4.99 Å². The molecule has 106 valence electrons. The van der Waals surface area contributed by atoms with Crippen LogP contribution in [0.5, 0.6) is 0 Å².